The molecule has 1 atom stereocenters. The van der Waals surface area contributed by atoms with Crippen molar-refractivity contribution in [2.75, 3.05) is 12.3 Å². The Bertz CT molecular complexity index is 943. The lowest BCUT2D eigenvalue weighted by molar-refractivity contribution is -0.131. The highest BCUT2D eigenvalue weighted by molar-refractivity contribution is 7.99. The topological polar surface area (TPSA) is 55.2 Å². The minimum Gasteiger partial charge on any atom is -0.339 e. The number of thiophene rings is 1. The molecule has 0 radical (unpaired) electrons. The van der Waals surface area contributed by atoms with E-state index in [0.29, 0.717) is 11.8 Å². The van der Waals surface area contributed by atoms with E-state index in [1.165, 1.54) is 18.2 Å². The smallest absolute Gasteiger partial charge is 0.263 e. The Kier molecular flexibility index (Phi) is 5.83. The number of carbonyl (C=O) groups is 1. The molecule has 1 aliphatic carbocycles. The maximum Gasteiger partial charge on any atom is 0.263 e. The second kappa shape index (κ2) is 8.19. The van der Waals surface area contributed by atoms with Gasteiger partial charge >= 0.3 is 0 Å². The Morgan fingerprint density at radius 1 is 1.18 bits per heavy atom. The lowest BCUT2D eigenvalue weighted by atomic mass is 10.0. The van der Waals surface area contributed by atoms with Crippen molar-refractivity contribution in [1.29, 1.82) is 0 Å². The molecule has 2 aromatic heterocycles. The fourth-order valence-electron chi connectivity index (χ4n) is 4.55. The number of thioether (sulfide) groups is 1. The van der Waals surface area contributed by atoms with Crippen LogP contribution in [0.15, 0.2) is 9.95 Å². The number of amides is 1. The molecule has 2 aromatic rings. The van der Waals surface area contributed by atoms with E-state index in [2.05, 4.69) is 13.8 Å². The van der Waals surface area contributed by atoms with Crippen LogP contribution in [-0.2, 0) is 4.79 Å². The fourth-order valence-corrected chi connectivity index (χ4v) is 6.57. The van der Waals surface area contributed by atoms with Crippen LogP contribution in [0.2, 0.25) is 0 Å². The lowest BCUT2D eigenvalue weighted by Crippen LogP contribution is -2.43. The first kappa shape index (κ1) is 20.0. The van der Waals surface area contributed by atoms with Gasteiger partial charge in [-0.2, -0.15) is 0 Å². The van der Waals surface area contributed by atoms with Crippen molar-refractivity contribution in [3.05, 3.63) is 20.8 Å². The van der Waals surface area contributed by atoms with Crippen molar-refractivity contribution in [3.8, 4) is 0 Å². The molecule has 5 nitrogen and oxygen atoms in total. The molecule has 1 aliphatic heterocycles. The van der Waals surface area contributed by atoms with E-state index in [9.17, 15) is 9.59 Å². The summed E-state index contributed by atoms with van der Waals surface area (Å²) in [5.41, 5.74) is 1.14. The monoisotopic (exact) mass is 419 g/mol. The molecular weight excluding hydrogens is 390 g/mol. The number of rotatable bonds is 4. The normalized spacial score (nSPS) is 21.0. The number of aryl methyl sites for hydroxylation is 2. The van der Waals surface area contributed by atoms with E-state index in [4.69, 9.17) is 4.98 Å². The van der Waals surface area contributed by atoms with Gasteiger partial charge in [-0.25, -0.2) is 4.98 Å². The first-order chi connectivity index (χ1) is 13.5. The summed E-state index contributed by atoms with van der Waals surface area (Å²) in [6.45, 7) is 7.06. The molecule has 0 N–H and O–H groups in total. The molecule has 2 aliphatic rings. The molecule has 1 unspecified atom stereocenters. The zero-order chi connectivity index (χ0) is 19.8. The third-order valence-corrected chi connectivity index (χ3v) is 8.38. The fraction of sp³-hybridized carbons (Fsp3) is 0.667. The van der Waals surface area contributed by atoms with Gasteiger partial charge in [-0.1, -0.05) is 24.6 Å². The molecule has 28 heavy (non-hydrogen) atoms. The minimum atomic E-state index is 0.0834. The van der Waals surface area contributed by atoms with E-state index in [1.807, 2.05) is 16.4 Å². The summed E-state index contributed by atoms with van der Waals surface area (Å²) >= 11 is 3.04. The maximum absolute atomic E-state index is 13.4. The molecule has 0 bridgehead atoms. The van der Waals surface area contributed by atoms with E-state index in [1.54, 1.807) is 11.3 Å². The Balaban J connectivity index is 1.66. The van der Waals surface area contributed by atoms with Gasteiger partial charge in [-0.15, -0.1) is 11.3 Å². The maximum atomic E-state index is 13.4. The van der Waals surface area contributed by atoms with Crippen LogP contribution in [0, 0.1) is 13.8 Å². The van der Waals surface area contributed by atoms with Crippen molar-refractivity contribution in [3.63, 3.8) is 0 Å². The van der Waals surface area contributed by atoms with Crippen LogP contribution >= 0.6 is 23.1 Å². The van der Waals surface area contributed by atoms with Gasteiger partial charge < -0.3 is 4.90 Å². The van der Waals surface area contributed by atoms with Crippen molar-refractivity contribution in [2.45, 2.75) is 83.0 Å². The number of hydrogen-bond acceptors (Lipinski definition) is 5. The number of hydrogen-bond donors (Lipinski definition) is 0. The molecule has 1 amide bonds. The van der Waals surface area contributed by atoms with Crippen molar-refractivity contribution < 1.29 is 4.79 Å². The largest absolute Gasteiger partial charge is 0.339 e. The Labute approximate surface area is 174 Å². The van der Waals surface area contributed by atoms with Gasteiger partial charge in [0.1, 0.15) is 4.83 Å². The van der Waals surface area contributed by atoms with E-state index in [0.717, 1.165) is 70.9 Å². The van der Waals surface area contributed by atoms with E-state index < -0.39 is 0 Å². The van der Waals surface area contributed by atoms with Crippen molar-refractivity contribution in [2.24, 2.45) is 0 Å². The first-order valence-electron chi connectivity index (χ1n) is 10.4. The summed E-state index contributed by atoms with van der Waals surface area (Å²) in [6, 6.07) is 0.535. The highest BCUT2D eigenvalue weighted by atomic mass is 32.2. The van der Waals surface area contributed by atoms with E-state index in [-0.39, 0.29) is 17.5 Å². The molecule has 152 valence electrons. The Morgan fingerprint density at radius 2 is 1.89 bits per heavy atom. The number of piperidine rings is 1. The number of fused-ring (bicyclic) bond motifs is 1. The lowest BCUT2D eigenvalue weighted by Gasteiger charge is -2.33. The molecule has 2 fully saturated rings. The third-order valence-electron chi connectivity index (χ3n) is 6.34. The summed E-state index contributed by atoms with van der Waals surface area (Å²) < 4.78 is 1.91. The van der Waals surface area contributed by atoms with Crippen LogP contribution < -0.4 is 5.56 Å². The molecule has 1 saturated heterocycles. The van der Waals surface area contributed by atoms with Gasteiger partial charge in [0.2, 0.25) is 5.91 Å². The van der Waals surface area contributed by atoms with Gasteiger partial charge in [0.15, 0.2) is 5.16 Å². The van der Waals surface area contributed by atoms with Gasteiger partial charge in [-0.05, 0) is 58.4 Å². The van der Waals surface area contributed by atoms with E-state index >= 15 is 0 Å². The number of carbonyl (C=O) groups excluding carboxylic acids is 1. The molecule has 1 saturated carbocycles. The summed E-state index contributed by atoms with van der Waals surface area (Å²) in [5, 5.41) is 1.50. The summed E-state index contributed by atoms with van der Waals surface area (Å²) in [5.74, 6) is 0.529. The molecule has 7 heteroatoms. The Hall–Kier alpha value is -1.34. The summed E-state index contributed by atoms with van der Waals surface area (Å²) in [7, 11) is 0. The third kappa shape index (κ3) is 3.63. The standard InChI is InChI=1S/C21H29N3O2S2/c1-13-8-6-7-11-23(13)17(25)12-27-21-22-19-18(14(2)15(3)28-19)20(26)24(21)16-9-4-5-10-16/h13,16H,4-12H2,1-3H3. The Morgan fingerprint density at radius 3 is 2.61 bits per heavy atom. The van der Waals surface area contributed by atoms with Gasteiger partial charge in [0, 0.05) is 23.5 Å². The highest BCUT2D eigenvalue weighted by Gasteiger charge is 2.27. The van der Waals surface area contributed by atoms with Crippen molar-refractivity contribution >= 4 is 39.2 Å². The number of nitrogens with zero attached hydrogens (tertiary/aromatic N) is 3. The molecular formula is C21H29N3O2S2. The summed E-state index contributed by atoms with van der Waals surface area (Å²) in [6.07, 6.45) is 7.75. The zero-order valence-corrected chi connectivity index (χ0v) is 18.6. The molecule has 0 spiro atoms. The molecule has 4 rings (SSSR count). The quantitative estimate of drug-likeness (QED) is 0.533. The second-order valence-electron chi connectivity index (χ2n) is 8.19. The van der Waals surface area contributed by atoms with Crippen LogP contribution in [0.1, 0.15) is 68.4 Å². The van der Waals surface area contributed by atoms with Crippen LogP contribution in [0.3, 0.4) is 0 Å². The second-order valence-corrected chi connectivity index (χ2v) is 10.3. The first-order valence-corrected chi connectivity index (χ1v) is 12.2. The highest BCUT2D eigenvalue weighted by Crippen LogP contribution is 2.34. The average Bonchev–Trinajstić information content (AvgIpc) is 3.29. The predicted molar refractivity (Wildman–Crippen MR) is 117 cm³/mol. The van der Waals surface area contributed by atoms with Crippen LogP contribution in [0.25, 0.3) is 10.2 Å². The van der Waals surface area contributed by atoms with Crippen LogP contribution in [0.4, 0.5) is 0 Å². The van der Waals surface area contributed by atoms with Gasteiger partial charge in [-0.3, -0.25) is 14.2 Å². The van der Waals surface area contributed by atoms with Crippen LogP contribution in [-0.4, -0.2) is 38.7 Å². The summed E-state index contributed by atoms with van der Waals surface area (Å²) in [4.78, 5) is 35.0. The molecule has 0 aromatic carbocycles. The van der Waals surface area contributed by atoms with Crippen molar-refractivity contribution in [1.82, 2.24) is 14.5 Å². The van der Waals surface area contributed by atoms with Gasteiger partial charge in [0.25, 0.3) is 5.56 Å². The van der Waals surface area contributed by atoms with Gasteiger partial charge in [0.05, 0.1) is 11.1 Å². The number of likely N-dealkylation sites (tertiary alicyclic amines) is 1. The predicted octanol–water partition coefficient (Wildman–Crippen LogP) is 4.68. The van der Waals surface area contributed by atoms with Crippen LogP contribution in [0.5, 0.6) is 0 Å². The molecule has 3 heterocycles. The zero-order valence-electron chi connectivity index (χ0n) is 17.0. The number of aromatic nitrogens is 2. The minimum absolute atomic E-state index is 0.0834. The average molecular weight is 420 g/mol. The SMILES string of the molecule is Cc1sc2nc(SCC(=O)N3CCCCC3C)n(C3CCCC3)c(=O)c2c1C.